The quantitative estimate of drug-likeness (QED) is 0.455. The number of carbonyl (C=O) groups excluding carboxylic acids is 3. The van der Waals surface area contributed by atoms with E-state index in [0.29, 0.717) is 17.9 Å². The first kappa shape index (κ1) is 23.9. The van der Waals surface area contributed by atoms with Crippen molar-refractivity contribution in [3.8, 4) is 11.5 Å². The molecule has 0 spiro atoms. The molecule has 1 N–H and O–H groups in total. The highest BCUT2D eigenvalue weighted by Crippen LogP contribution is 2.51. The smallest absolute Gasteiger partial charge is 0.330 e. The zero-order valence-electron chi connectivity index (χ0n) is 19.6. The Kier molecular flexibility index (Phi) is 6.74. The predicted molar refractivity (Wildman–Crippen MR) is 128 cm³/mol. The standard InChI is InChI=1S/C25H28N2O6S/c1-25(2)20(24(30)33-14-13-15-9-6-5-7-10-15)27-22(29)19(23(27)34-25)26-21(28)18-16(31-3)11-8-12-17(18)32-4/h5-12,19-20,23H,13-14H2,1-4H3,(H,26,28)/t19-,20+,23-/m1/s1. The molecule has 9 heteroatoms. The van der Waals surface area contributed by atoms with Crippen LogP contribution in [0.25, 0.3) is 0 Å². The Morgan fingerprint density at radius 1 is 1.03 bits per heavy atom. The van der Waals surface area contributed by atoms with Crippen LogP contribution in [-0.2, 0) is 20.7 Å². The fourth-order valence-electron chi connectivity index (χ4n) is 4.41. The number of hydrogen-bond acceptors (Lipinski definition) is 7. The molecule has 2 amide bonds. The Hall–Kier alpha value is -3.20. The van der Waals surface area contributed by atoms with Crippen LogP contribution >= 0.6 is 11.8 Å². The van der Waals surface area contributed by atoms with Crippen molar-refractivity contribution in [2.45, 2.75) is 42.5 Å². The van der Waals surface area contributed by atoms with E-state index >= 15 is 0 Å². The Morgan fingerprint density at radius 2 is 1.68 bits per heavy atom. The van der Waals surface area contributed by atoms with Crippen molar-refractivity contribution in [2.24, 2.45) is 0 Å². The highest BCUT2D eigenvalue weighted by Gasteiger charge is 2.64. The summed E-state index contributed by atoms with van der Waals surface area (Å²) in [6.45, 7) is 4.06. The van der Waals surface area contributed by atoms with Gasteiger partial charge < -0.3 is 24.4 Å². The molecule has 0 bridgehead atoms. The molecule has 2 aromatic rings. The Balaban J connectivity index is 1.43. The number of esters is 1. The predicted octanol–water partition coefficient (Wildman–Crippen LogP) is 2.65. The van der Waals surface area contributed by atoms with Crippen LogP contribution in [0.3, 0.4) is 0 Å². The number of hydrogen-bond donors (Lipinski definition) is 1. The highest BCUT2D eigenvalue weighted by molar-refractivity contribution is 8.01. The summed E-state index contributed by atoms with van der Waals surface area (Å²) >= 11 is 1.48. The van der Waals surface area contributed by atoms with E-state index in [0.717, 1.165) is 5.56 Å². The van der Waals surface area contributed by atoms with Gasteiger partial charge in [-0.2, -0.15) is 0 Å². The van der Waals surface area contributed by atoms with Crippen molar-refractivity contribution in [1.82, 2.24) is 10.2 Å². The monoisotopic (exact) mass is 484 g/mol. The minimum atomic E-state index is -0.756. The number of nitrogens with one attached hydrogen (secondary N) is 1. The maximum absolute atomic E-state index is 13.1. The molecule has 8 nitrogen and oxygen atoms in total. The first-order chi connectivity index (χ1) is 16.3. The van der Waals surface area contributed by atoms with E-state index in [1.165, 1.54) is 30.9 Å². The SMILES string of the molecule is COc1cccc(OC)c1C(=O)N[C@@H]1C(=O)N2[C@@H]1SC(C)(C)[C@@H]2C(=O)OCCc1ccccc1. The molecule has 0 aliphatic carbocycles. The van der Waals surface area contributed by atoms with E-state index < -0.39 is 28.7 Å². The van der Waals surface area contributed by atoms with E-state index in [1.54, 1.807) is 18.2 Å². The van der Waals surface area contributed by atoms with Gasteiger partial charge in [-0.05, 0) is 31.5 Å². The van der Waals surface area contributed by atoms with Crippen LogP contribution in [0.5, 0.6) is 11.5 Å². The van der Waals surface area contributed by atoms with Crippen molar-refractivity contribution < 1.29 is 28.6 Å². The van der Waals surface area contributed by atoms with Gasteiger partial charge in [0, 0.05) is 11.2 Å². The normalized spacial score (nSPS) is 22.4. The van der Waals surface area contributed by atoms with E-state index in [9.17, 15) is 14.4 Å². The summed E-state index contributed by atoms with van der Waals surface area (Å²) in [6, 6.07) is 13.3. The van der Waals surface area contributed by atoms with Gasteiger partial charge in [-0.25, -0.2) is 4.79 Å². The maximum Gasteiger partial charge on any atom is 0.330 e. The number of rotatable bonds is 8. The molecule has 4 rings (SSSR count). The number of nitrogens with zero attached hydrogens (tertiary/aromatic N) is 1. The van der Waals surface area contributed by atoms with Gasteiger partial charge in [0.25, 0.3) is 5.91 Å². The van der Waals surface area contributed by atoms with E-state index in [1.807, 2.05) is 44.2 Å². The summed E-state index contributed by atoms with van der Waals surface area (Å²) in [6.07, 6.45) is 0.601. The molecule has 180 valence electrons. The average molecular weight is 485 g/mol. The summed E-state index contributed by atoms with van der Waals surface area (Å²) in [5.41, 5.74) is 1.29. The topological polar surface area (TPSA) is 94.2 Å². The van der Waals surface area contributed by atoms with E-state index in [4.69, 9.17) is 14.2 Å². The average Bonchev–Trinajstić information content (AvgIpc) is 3.10. The lowest BCUT2D eigenvalue weighted by molar-refractivity contribution is -0.163. The van der Waals surface area contributed by atoms with Crippen LogP contribution < -0.4 is 14.8 Å². The third-order valence-corrected chi connectivity index (χ3v) is 7.66. The molecule has 2 aliphatic heterocycles. The molecule has 3 atom stereocenters. The lowest BCUT2D eigenvalue weighted by Gasteiger charge is -2.44. The van der Waals surface area contributed by atoms with Gasteiger partial charge in [0.1, 0.15) is 34.5 Å². The molecule has 0 unspecified atom stereocenters. The molecule has 0 radical (unpaired) electrons. The molecule has 0 saturated carbocycles. The number of thioether (sulfide) groups is 1. The molecular formula is C25H28N2O6S. The van der Waals surface area contributed by atoms with Crippen molar-refractivity contribution in [1.29, 1.82) is 0 Å². The number of β-lactam (4-membered cyclic amide) rings is 1. The summed E-state index contributed by atoms with van der Waals surface area (Å²) < 4.78 is 15.6. The third kappa shape index (κ3) is 4.32. The van der Waals surface area contributed by atoms with Crippen LogP contribution in [0.2, 0.25) is 0 Å². The van der Waals surface area contributed by atoms with Gasteiger partial charge in [0.05, 0.1) is 20.8 Å². The maximum atomic E-state index is 13.1. The zero-order chi connectivity index (χ0) is 24.5. The number of methoxy groups -OCH3 is 2. The highest BCUT2D eigenvalue weighted by atomic mass is 32.2. The van der Waals surface area contributed by atoms with Gasteiger partial charge >= 0.3 is 5.97 Å². The van der Waals surface area contributed by atoms with Crippen LogP contribution in [0.4, 0.5) is 0 Å². The lowest BCUT2D eigenvalue weighted by atomic mass is 9.95. The van der Waals surface area contributed by atoms with Gasteiger partial charge in [0.2, 0.25) is 5.91 Å². The largest absolute Gasteiger partial charge is 0.496 e. The molecule has 2 aromatic carbocycles. The van der Waals surface area contributed by atoms with Crippen molar-refractivity contribution in [3.63, 3.8) is 0 Å². The molecular weight excluding hydrogens is 456 g/mol. The van der Waals surface area contributed by atoms with E-state index in [-0.39, 0.29) is 23.5 Å². The van der Waals surface area contributed by atoms with Gasteiger partial charge in [-0.1, -0.05) is 36.4 Å². The number of fused-ring (bicyclic) bond motifs is 1. The number of carbonyl (C=O) groups is 3. The van der Waals surface area contributed by atoms with Crippen molar-refractivity contribution >= 4 is 29.5 Å². The van der Waals surface area contributed by atoms with Gasteiger partial charge in [0.15, 0.2) is 0 Å². The third-order valence-electron chi connectivity index (χ3n) is 6.08. The minimum absolute atomic E-state index is 0.220. The van der Waals surface area contributed by atoms with Crippen LogP contribution in [0.15, 0.2) is 48.5 Å². The fraction of sp³-hybridized carbons (Fsp3) is 0.400. The van der Waals surface area contributed by atoms with Gasteiger partial charge in [-0.3, -0.25) is 9.59 Å². The zero-order valence-corrected chi connectivity index (χ0v) is 20.4. The Labute approximate surface area is 202 Å². The summed E-state index contributed by atoms with van der Waals surface area (Å²) in [4.78, 5) is 40.6. The molecule has 2 heterocycles. The van der Waals surface area contributed by atoms with Crippen LogP contribution in [0, 0.1) is 0 Å². The summed E-state index contributed by atoms with van der Waals surface area (Å²) in [7, 11) is 2.93. The molecule has 0 aromatic heterocycles. The second-order valence-electron chi connectivity index (χ2n) is 8.65. The Bertz CT molecular complexity index is 1070. The summed E-state index contributed by atoms with van der Waals surface area (Å²) in [5, 5.41) is 2.44. The van der Waals surface area contributed by atoms with Crippen molar-refractivity contribution in [2.75, 3.05) is 20.8 Å². The van der Waals surface area contributed by atoms with Crippen LogP contribution in [0.1, 0.15) is 29.8 Å². The number of amides is 2. The van der Waals surface area contributed by atoms with Gasteiger partial charge in [-0.15, -0.1) is 11.8 Å². The minimum Gasteiger partial charge on any atom is -0.496 e. The second kappa shape index (κ2) is 9.58. The first-order valence-corrected chi connectivity index (χ1v) is 11.9. The second-order valence-corrected chi connectivity index (χ2v) is 10.4. The fourth-order valence-corrected chi connectivity index (χ4v) is 6.03. The van der Waals surface area contributed by atoms with Crippen molar-refractivity contribution in [3.05, 3.63) is 59.7 Å². The van der Waals surface area contributed by atoms with E-state index in [2.05, 4.69) is 5.32 Å². The number of benzene rings is 2. The van der Waals surface area contributed by atoms with Crippen LogP contribution in [-0.4, -0.2) is 65.7 Å². The molecule has 2 saturated heterocycles. The molecule has 34 heavy (non-hydrogen) atoms. The first-order valence-electron chi connectivity index (χ1n) is 11.0. The number of ether oxygens (including phenoxy) is 3. The lowest BCUT2D eigenvalue weighted by Crippen LogP contribution is -2.70. The summed E-state index contributed by atoms with van der Waals surface area (Å²) in [5.74, 6) is -0.519. The molecule has 2 fully saturated rings. The molecule has 2 aliphatic rings. The Morgan fingerprint density at radius 3 is 2.29 bits per heavy atom.